The number of nitrogens with zero attached hydrogens (tertiary/aromatic N) is 1. The minimum absolute atomic E-state index is 0.0129. The zero-order valence-corrected chi connectivity index (χ0v) is 12.4. The minimum Gasteiger partial charge on any atom is -0.311 e. The Morgan fingerprint density at radius 1 is 1.35 bits per heavy atom. The molecule has 0 spiro atoms. The molecule has 1 aromatic heterocycles. The van der Waals surface area contributed by atoms with E-state index in [2.05, 4.69) is 5.16 Å². The quantitative estimate of drug-likeness (QED) is 0.487. The summed E-state index contributed by atoms with van der Waals surface area (Å²) in [5.41, 5.74) is 1.87. The van der Waals surface area contributed by atoms with Crippen molar-refractivity contribution in [2.45, 2.75) is 20.8 Å². The second kappa shape index (κ2) is 5.96. The lowest BCUT2D eigenvalue weighted by Gasteiger charge is -2.14. The van der Waals surface area contributed by atoms with E-state index < -0.39 is 5.97 Å². The molecule has 0 fully saturated rings. The fraction of sp³-hybridized carbons (Fsp3) is 0.267. The topological polar surface area (TPSA) is 55.7 Å². The van der Waals surface area contributed by atoms with Gasteiger partial charge in [-0.1, -0.05) is 25.1 Å². The number of ketones is 1. The molecule has 0 amide bonds. The van der Waals surface area contributed by atoms with Crippen LogP contribution in [0, 0.1) is 5.92 Å². The Bertz CT molecular complexity index is 622. The molecule has 2 rings (SSSR count). The number of allylic oxidation sites excluding steroid dienone is 4. The number of thiophene rings is 1. The van der Waals surface area contributed by atoms with E-state index in [4.69, 9.17) is 4.84 Å². The molecule has 5 heteroatoms. The maximum Gasteiger partial charge on any atom is 0.375 e. The number of hydrogen-bond acceptors (Lipinski definition) is 5. The number of oxime groups is 1. The molecule has 1 aliphatic rings. The summed E-state index contributed by atoms with van der Waals surface area (Å²) in [7, 11) is 0. The Morgan fingerprint density at radius 2 is 2.10 bits per heavy atom. The van der Waals surface area contributed by atoms with Gasteiger partial charge in [-0.3, -0.25) is 4.79 Å². The molecular formula is C15H15NO3S. The van der Waals surface area contributed by atoms with Crippen LogP contribution in [-0.4, -0.2) is 17.5 Å². The van der Waals surface area contributed by atoms with Crippen molar-refractivity contribution in [3.8, 4) is 0 Å². The van der Waals surface area contributed by atoms with Crippen LogP contribution in [0.25, 0.3) is 0 Å². The molecule has 0 N–H and O–H groups in total. The molecule has 0 aliphatic heterocycles. The van der Waals surface area contributed by atoms with Crippen molar-refractivity contribution in [3.63, 3.8) is 0 Å². The fourth-order valence-corrected chi connectivity index (χ4v) is 2.36. The second-order valence-corrected chi connectivity index (χ2v) is 5.73. The standard InChI is InChI=1S/C15H15NO3S/c1-9(2)11-8-12(10(3)7-13(11)17)16-19-15(18)14-5-4-6-20-14/h4-9H,1-3H3/b16-12+. The third kappa shape index (κ3) is 3.11. The summed E-state index contributed by atoms with van der Waals surface area (Å²) in [6, 6.07) is 3.45. The van der Waals surface area contributed by atoms with Gasteiger partial charge in [0.15, 0.2) is 5.78 Å². The van der Waals surface area contributed by atoms with Crippen LogP contribution < -0.4 is 0 Å². The molecular weight excluding hydrogens is 274 g/mol. The van der Waals surface area contributed by atoms with E-state index in [1.165, 1.54) is 17.4 Å². The molecule has 0 atom stereocenters. The highest BCUT2D eigenvalue weighted by Gasteiger charge is 2.19. The van der Waals surface area contributed by atoms with E-state index in [0.29, 0.717) is 21.7 Å². The number of rotatable bonds is 3. The maximum absolute atomic E-state index is 11.8. The highest BCUT2D eigenvalue weighted by molar-refractivity contribution is 7.11. The molecule has 1 aliphatic carbocycles. The van der Waals surface area contributed by atoms with Gasteiger partial charge in [-0.15, -0.1) is 11.3 Å². The van der Waals surface area contributed by atoms with E-state index >= 15 is 0 Å². The van der Waals surface area contributed by atoms with Crippen LogP contribution in [0.2, 0.25) is 0 Å². The Kier molecular flexibility index (Phi) is 4.29. The summed E-state index contributed by atoms with van der Waals surface area (Å²) in [5, 5.41) is 5.66. The van der Waals surface area contributed by atoms with Gasteiger partial charge in [-0.2, -0.15) is 0 Å². The van der Waals surface area contributed by atoms with Gasteiger partial charge in [0, 0.05) is 5.57 Å². The summed E-state index contributed by atoms with van der Waals surface area (Å²) >= 11 is 1.30. The molecule has 1 heterocycles. The van der Waals surface area contributed by atoms with Crippen LogP contribution in [0.3, 0.4) is 0 Å². The Morgan fingerprint density at radius 3 is 2.70 bits per heavy atom. The molecule has 20 heavy (non-hydrogen) atoms. The lowest BCUT2D eigenvalue weighted by Crippen LogP contribution is -2.16. The predicted octanol–water partition coefficient (Wildman–Crippen LogP) is 3.37. The Hall–Kier alpha value is -2.01. The smallest absolute Gasteiger partial charge is 0.311 e. The Balaban J connectivity index is 2.18. The van der Waals surface area contributed by atoms with Gasteiger partial charge in [-0.05, 0) is 42.0 Å². The van der Waals surface area contributed by atoms with Crippen LogP contribution in [0.4, 0.5) is 0 Å². The average Bonchev–Trinajstić information content (AvgIpc) is 2.90. The van der Waals surface area contributed by atoms with Gasteiger partial charge in [-0.25, -0.2) is 4.79 Å². The average molecular weight is 289 g/mol. The van der Waals surface area contributed by atoms with Gasteiger partial charge in [0.25, 0.3) is 0 Å². The summed E-state index contributed by atoms with van der Waals surface area (Å²) in [6.45, 7) is 5.64. The van der Waals surface area contributed by atoms with E-state index in [0.717, 1.165) is 0 Å². The maximum atomic E-state index is 11.8. The lowest BCUT2D eigenvalue weighted by atomic mass is 9.90. The van der Waals surface area contributed by atoms with Gasteiger partial charge < -0.3 is 4.84 Å². The second-order valence-electron chi connectivity index (χ2n) is 4.78. The van der Waals surface area contributed by atoms with Gasteiger partial charge in [0.05, 0.1) is 0 Å². The summed E-state index contributed by atoms with van der Waals surface area (Å²) in [6.07, 6.45) is 3.21. The van der Waals surface area contributed by atoms with Crippen molar-refractivity contribution in [3.05, 3.63) is 45.7 Å². The first-order valence-electron chi connectivity index (χ1n) is 6.26. The van der Waals surface area contributed by atoms with Crippen molar-refractivity contribution < 1.29 is 14.4 Å². The predicted molar refractivity (Wildman–Crippen MR) is 78.9 cm³/mol. The van der Waals surface area contributed by atoms with Crippen molar-refractivity contribution in [2.75, 3.05) is 0 Å². The van der Waals surface area contributed by atoms with E-state index in [9.17, 15) is 9.59 Å². The highest BCUT2D eigenvalue weighted by Crippen LogP contribution is 2.19. The number of hydrogen-bond donors (Lipinski definition) is 0. The first-order valence-corrected chi connectivity index (χ1v) is 7.14. The summed E-state index contributed by atoms with van der Waals surface area (Å²) in [4.78, 5) is 28.9. The molecule has 0 aromatic carbocycles. The van der Waals surface area contributed by atoms with Crippen LogP contribution in [0.1, 0.15) is 30.4 Å². The largest absolute Gasteiger partial charge is 0.375 e. The minimum atomic E-state index is -0.489. The number of carbonyl (C=O) groups excluding carboxylic acids is 2. The van der Waals surface area contributed by atoms with E-state index in [-0.39, 0.29) is 11.7 Å². The molecule has 0 saturated heterocycles. The first kappa shape index (κ1) is 14.4. The molecule has 0 radical (unpaired) electrons. The lowest BCUT2D eigenvalue weighted by molar-refractivity contribution is -0.111. The van der Waals surface area contributed by atoms with Crippen molar-refractivity contribution in [1.82, 2.24) is 0 Å². The monoisotopic (exact) mass is 289 g/mol. The van der Waals surface area contributed by atoms with Gasteiger partial charge >= 0.3 is 5.97 Å². The molecule has 4 nitrogen and oxygen atoms in total. The summed E-state index contributed by atoms with van der Waals surface area (Å²) < 4.78 is 0. The third-order valence-electron chi connectivity index (χ3n) is 2.90. The van der Waals surface area contributed by atoms with Crippen LogP contribution >= 0.6 is 11.3 Å². The molecule has 0 unspecified atom stereocenters. The number of carbonyl (C=O) groups is 2. The van der Waals surface area contributed by atoms with Gasteiger partial charge in [0.2, 0.25) is 0 Å². The molecule has 0 saturated carbocycles. The zero-order chi connectivity index (χ0) is 14.7. The van der Waals surface area contributed by atoms with Crippen molar-refractivity contribution in [2.24, 2.45) is 11.1 Å². The Labute approximate surface area is 121 Å². The van der Waals surface area contributed by atoms with Crippen LogP contribution in [0.5, 0.6) is 0 Å². The zero-order valence-electron chi connectivity index (χ0n) is 11.5. The fourth-order valence-electron chi connectivity index (χ4n) is 1.77. The SMILES string of the molecule is CC1=CC(=O)C(C(C)C)=C/C1=N\OC(=O)c1cccs1. The van der Waals surface area contributed by atoms with Crippen LogP contribution in [0.15, 0.2) is 46.0 Å². The van der Waals surface area contributed by atoms with E-state index in [1.807, 2.05) is 13.8 Å². The van der Waals surface area contributed by atoms with Crippen LogP contribution in [-0.2, 0) is 9.63 Å². The summed E-state index contributed by atoms with van der Waals surface area (Å²) in [5.74, 6) is -0.400. The third-order valence-corrected chi connectivity index (χ3v) is 3.75. The molecule has 0 bridgehead atoms. The van der Waals surface area contributed by atoms with Crippen molar-refractivity contribution >= 4 is 28.8 Å². The van der Waals surface area contributed by atoms with Gasteiger partial charge in [0.1, 0.15) is 10.6 Å². The van der Waals surface area contributed by atoms with E-state index in [1.54, 1.807) is 30.5 Å². The first-order chi connectivity index (χ1) is 9.49. The van der Waals surface area contributed by atoms with Crippen molar-refractivity contribution in [1.29, 1.82) is 0 Å². The molecule has 104 valence electrons. The normalized spacial score (nSPS) is 17.2. The highest BCUT2D eigenvalue weighted by atomic mass is 32.1. The molecule has 1 aromatic rings.